The van der Waals surface area contributed by atoms with Crippen LogP contribution in [0.3, 0.4) is 0 Å². The van der Waals surface area contributed by atoms with Crippen LogP contribution in [-0.2, 0) is 18.0 Å². The van der Waals surface area contributed by atoms with Crippen LogP contribution in [-0.4, -0.2) is 46.7 Å². The molecule has 10 heteroatoms. The summed E-state index contributed by atoms with van der Waals surface area (Å²) in [6.45, 7) is 3.42. The summed E-state index contributed by atoms with van der Waals surface area (Å²) in [5.74, 6) is 0.250. The van der Waals surface area contributed by atoms with E-state index < -0.39 is 11.7 Å². The summed E-state index contributed by atoms with van der Waals surface area (Å²) in [4.78, 5) is 19.1. The Kier molecular flexibility index (Phi) is 6.47. The van der Waals surface area contributed by atoms with Crippen LogP contribution < -0.4 is 5.32 Å². The van der Waals surface area contributed by atoms with Crippen molar-refractivity contribution < 1.29 is 22.7 Å². The number of benzene rings is 1. The number of aromatic nitrogens is 2. The maximum atomic E-state index is 13.2. The lowest BCUT2D eigenvalue weighted by Crippen LogP contribution is -2.40. The number of rotatable bonds is 3. The van der Waals surface area contributed by atoms with Crippen LogP contribution in [0.25, 0.3) is 10.9 Å². The van der Waals surface area contributed by atoms with E-state index in [0.29, 0.717) is 48.6 Å². The van der Waals surface area contributed by atoms with Crippen molar-refractivity contribution in [3.63, 3.8) is 0 Å². The maximum absolute atomic E-state index is 13.2. The average molecular weight is 455 g/mol. The second-order valence-corrected chi connectivity index (χ2v) is 7.27. The minimum Gasteiger partial charge on any atom is -0.378 e. The number of alkyl halides is 3. The second-order valence-electron chi connectivity index (χ2n) is 7.27. The number of pyridine rings is 1. The van der Waals surface area contributed by atoms with Gasteiger partial charge in [-0.25, -0.2) is 4.98 Å². The molecular weight excluding hydrogens is 433 g/mol. The van der Waals surface area contributed by atoms with E-state index in [0.717, 1.165) is 6.07 Å². The highest BCUT2D eigenvalue weighted by molar-refractivity contribution is 6.08. The Morgan fingerprint density at radius 3 is 2.58 bits per heavy atom. The molecule has 31 heavy (non-hydrogen) atoms. The lowest BCUT2D eigenvalue weighted by atomic mass is 10.1. The van der Waals surface area contributed by atoms with Gasteiger partial charge in [-0.2, -0.15) is 13.2 Å². The molecule has 3 heterocycles. The molecule has 0 radical (unpaired) electrons. The molecule has 1 aliphatic rings. The zero-order valence-corrected chi connectivity index (χ0v) is 17.8. The molecule has 0 aliphatic carbocycles. The van der Waals surface area contributed by atoms with Crippen molar-refractivity contribution in [1.29, 1.82) is 0 Å². The Morgan fingerprint density at radius 2 is 1.90 bits per heavy atom. The number of anilines is 2. The van der Waals surface area contributed by atoms with E-state index in [4.69, 9.17) is 4.74 Å². The van der Waals surface area contributed by atoms with E-state index in [1.54, 1.807) is 23.2 Å². The molecular formula is C21H22ClF3N4O2. The van der Waals surface area contributed by atoms with Crippen molar-refractivity contribution in [3.05, 3.63) is 53.3 Å². The average Bonchev–Trinajstić information content (AvgIpc) is 3.11. The van der Waals surface area contributed by atoms with Gasteiger partial charge >= 0.3 is 6.18 Å². The Morgan fingerprint density at radius 1 is 1.19 bits per heavy atom. The fourth-order valence-electron chi connectivity index (χ4n) is 3.65. The van der Waals surface area contributed by atoms with Crippen LogP contribution in [0.2, 0.25) is 0 Å². The van der Waals surface area contributed by atoms with Crippen molar-refractivity contribution >= 4 is 40.7 Å². The van der Waals surface area contributed by atoms with Gasteiger partial charge in [-0.05, 0) is 30.7 Å². The van der Waals surface area contributed by atoms with E-state index in [9.17, 15) is 18.0 Å². The third-order valence-electron chi connectivity index (χ3n) is 5.24. The molecule has 2 aromatic heterocycles. The van der Waals surface area contributed by atoms with Crippen molar-refractivity contribution in [2.24, 2.45) is 7.05 Å². The molecule has 1 fully saturated rings. The zero-order valence-electron chi connectivity index (χ0n) is 17.0. The van der Waals surface area contributed by atoms with E-state index in [2.05, 4.69) is 10.3 Å². The van der Waals surface area contributed by atoms with Gasteiger partial charge in [0.2, 0.25) is 0 Å². The molecule has 0 atom stereocenters. The number of carbonyl (C=O) groups is 1. The molecule has 3 aromatic rings. The Hall–Kier alpha value is -2.78. The topological polar surface area (TPSA) is 59.4 Å². The van der Waals surface area contributed by atoms with Gasteiger partial charge < -0.3 is 19.5 Å². The summed E-state index contributed by atoms with van der Waals surface area (Å²) < 4.78 is 46.9. The first kappa shape index (κ1) is 22.9. The summed E-state index contributed by atoms with van der Waals surface area (Å²) in [5.41, 5.74) is 0.850. The van der Waals surface area contributed by atoms with E-state index in [1.807, 2.05) is 11.6 Å². The molecule has 0 spiro atoms. The number of halogens is 4. The first-order chi connectivity index (χ1) is 14.3. The van der Waals surface area contributed by atoms with Gasteiger partial charge in [0, 0.05) is 43.6 Å². The standard InChI is InChI=1S/C21H21F3N4O2.ClH/c1-13-3-4-14(11-17(13)21(22,23)24)26-19-15-5-6-27(2)18(15)16(12-25-19)20(29)28-7-9-30-10-8-28;/h3-6,11-12H,7-10H2,1-2H3,(H,25,26);1H. The zero-order chi connectivity index (χ0) is 21.5. The van der Waals surface area contributed by atoms with Crippen LogP contribution in [0.5, 0.6) is 0 Å². The number of carbonyl (C=O) groups excluding carboxylic acids is 1. The molecule has 0 saturated carbocycles. The first-order valence-corrected chi connectivity index (χ1v) is 9.51. The van der Waals surface area contributed by atoms with Crippen molar-refractivity contribution in [2.45, 2.75) is 13.1 Å². The number of hydrogen-bond donors (Lipinski definition) is 1. The van der Waals surface area contributed by atoms with Gasteiger partial charge in [-0.1, -0.05) is 6.07 Å². The summed E-state index contributed by atoms with van der Waals surface area (Å²) in [6.07, 6.45) is -1.17. The molecule has 1 saturated heterocycles. The summed E-state index contributed by atoms with van der Waals surface area (Å²) >= 11 is 0. The van der Waals surface area contributed by atoms with Gasteiger partial charge in [0.25, 0.3) is 5.91 Å². The summed E-state index contributed by atoms with van der Waals surface area (Å²) in [6, 6.07) is 5.86. The summed E-state index contributed by atoms with van der Waals surface area (Å²) in [5, 5.41) is 3.63. The number of hydrogen-bond acceptors (Lipinski definition) is 4. The van der Waals surface area contributed by atoms with Gasteiger partial charge in [0.1, 0.15) is 5.82 Å². The first-order valence-electron chi connectivity index (χ1n) is 9.51. The minimum atomic E-state index is -4.44. The predicted octanol–water partition coefficient (Wildman–Crippen LogP) is 4.54. The SMILES string of the molecule is Cc1ccc(Nc2ncc(C(=O)N3CCOCC3)c3c2ccn3C)cc1C(F)(F)F.Cl. The van der Waals surface area contributed by atoms with E-state index in [-0.39, 0.29) is 29.6 Å². The Labute approximate surface area is 183 Å². The number of ether oxygens (including phenoxy) is 1. The van der Waals surface area contributed by atoms with Crippen molar-refractivity contribution in [1.82, 2.24) is 14.5 Å². The van der Waals surface area contributed by atoms with Crippen LogP contribution in [0.1, 0.15) is 21.5 Å². The molecule has 1 amide bonds. The predicted molar refractivity (Wildman–Crippen MR) is 114 cm³/mol. The fraction of sp³-hybridized carbons (Fsp3) is 0.333. The fourth-order valence-corrected chi connectivity index (χ4v) is 3.65. The Balaban J connectivity index is 0.00000272. The molecule has 1 aliphatic heterocycles. The van der Waals surface area contributed by atoms with Crippen LogP contribution in [0, 0.1) is 6.92 Å². The van der Waals surface area contributed by atoms with E-state index in [1.165, 1.54) is 19.2 Å². The normalized spacial score (nSPS) is 14.4. The number of fused-ring (bicyclic) bond motifs is 1. The Bertz CT molecular complexity index is 1110. The molecule has 166 valence electrons. The third kappa shape index (κ3) is 4.47. The van der Waals surface area contributed by atoms with Gasteiger partial charge in [-0.15, -0.1) is 12.4 Å². The van der Waals surface area contributed by atoms with Gasteiger partial charge in [-0.3, -0.25) is 4.79 Å². The lowest BCUT2D eigenvalue weighted by molar-refractivity contribution is -0.138. The summed E-state index contributed by atoms with van der Waals surface area (Å²) in [7, 11) is 1.82. The van der Waals surface area contributed by atoms with Gasteiger partial charge in [0.15, 0.2) is 0 Å². The lowest BCUT2D eigenvalue weighted by Gasteiger charge is -2.27. The quantitative estimate of drug-likeness (QED) is 0.631. The number of nitrogens with one attached hydrogen (secondary N) is 1. The van der Waals surface area contributed by atoms with Crippen LogP contribution >= 0.6 is 12.4 Å². The minimum absolute atomic E-state index is 0. The highest BCUT2D eigenvalue weighted by Crippen LogP contribution is 2.35. The molecule has 4 rings (SSSR count). The van der Waals surface area contributed by atoms with Crippen molar-refractivity contribution in [3.8, 4) is 0 Å². The third-order valence-corrected chi connectivity index (χ3v) is 5.24. The van der Waals surface area contributed by atoms with Gasteiger partial charge in [0.05, 0.1) is 29.9 Å². The smallest absolute Gasteiger partial charge is 0.378 e. The van der Waals surface area contributed by atoms with Crippen LogP contribution in [0.4, 0.5) is 24.7 Å². The van der Waals surface area contributed by atoms with Crippen LogP contribution in [0.15, 0.2) is 36.7 Å². The highest BCUT2D eigenvalue weighted by Gasteiger charge is 2.32. The number of amides is 1. The molecule has 1 N–H and O–H groups in total. The molecule has 0 unspecified atom stereocenters. The molecule has 1 aromatic carbocycles. The molecule has 6 nitrogen and oxygen atoms in total. The number of nitrogens with zero attached hydrogens (tertiary/aromatic N) is 3. The maximum Gasteiger partial charge on any atom is 0.416 e. The largest absolute Gasteiger partial charge is 0.416 e. The molecule has 0 bridgehead atoms. The number of morpholine rings is 1. The number of aryl methyl sites for hydroxylation is 2. The highest BCUT2D eigenvalue weighted by atomic mass is 35.5. The van der Waals surface area contributed by atoms with Crippen molar-refractivity contribution in [2.75, 3.05) is 31.6 Å². The monoisotopic (exact) mass is 454 g/mol. The van der Waals surface area contributed by atoms with E-state index >= 15 is 0 Å². The second kappa shape index (κ2) is 8.76.